The zero-order valence-electron chi connectivity index (χ0n) is 10.8. The van der Waals surface area contributed by atoms with E-state index >= 15 is 0 Å². The standard InChI is InChI=1S/C12H15NO8/c14-5-8-9(15)10(16)11(17)12(21-8)20-7-3-1-6(2-4-7)13(18)19/h1-4,8-12,14-17H,5H2/t8-,9+,10+,11+,12+/m1/s1. The van der Waals surface area contributed by atoms with Crippen molar-refractivity contribution in [1.29, 1.82) is 0 Å². The second kappa shape index (κ2) is 6.33. The van der Waals surface area contributed by atoms with Gasteiger partial charge in [-0.05, 0) is 12.1 Å². The molecule has 0 amide bonds. The molecule has 1 aromatic carbocycles. The Kier molecular flexibility index (Phi) is 4.70. The first-order chi connectivity index (χ1) is 9.93. The van der Waals surface area contributed by atoms with Crippen molar-refractivity contribution in [3.63, 3.8) is 0 Å². The molecule has 1 fully saturated rings. The molecular formula is C12H15NO8. The van der Waals surface area contributed by atoms with Crippen molar-refractivity contribution in [3.05, 3.63) is 34.4 Å². The lowest BCUT2D eigenvalue weighted by Crippen LogP contribution is -2.60. The lowest BCUT2D eigenvalue weighted by Gasteiger charge is -2.39. The normalized spacial score (nSPS) is 32.7. The molecule has 0 aromatic heterocycles. The number of nitrogens with zero attached hydrogens (tertiary/aromatic N) is 1. The lowest BCUT2D eigenvalue weighted by molar-refractivity contribution is -0.384. The number of rotatable bonds is 4. The van der Waals surface area contributed by atoms with Gasteiger partial charge in [-0.15, -0.1) is 0 Å². The van der Waals surface area contributed by atoms with Crippen LogP contribution >= 0.6 is 0 Å². The summed E-state index contributed by atoms with van der Waals surface area (Å²) >= 11 is 0. The molecule has 2 rings (SSSR count). The minimum Gasteiger partial charge on any atom is -0.462 e. The predicted molar refractivity (Wildman–Crippen MR) is 67.5 cm³/mol. The van der Waals surface area contributed by atoms with Gasteiger partial charge in [0.05, 0.1) is 11.5 Å². The molecule has 1 heterocycles. The summed E-state index contributed by atoms with van der Waals surface area (Å²) in [5, 5.41) is 48.6. The number of aliphatic hydroxyl groups is 4. The van der Waals surface area contributed by atoms with Crippen molar-refractivity contribution in [2.75, 3.05) is 6.61 Å². The van der Waals surface area contributed by atoms with E-state index < -0.39 is 42.2 Å². The highest BCUT2D eigenvalue weighted by Gasteiger charge is 2.44. The van der Waals surface area contributed by atoms with Crippen LogP contribution < -0.4 is 4.74 Å². The number of benzene rings is 1. The molecule has 1 saturated heterocycles. The van der Waals surface area contributed by atoms with E-state index in [4.69, 9.17) is 14.6 Å². The van der Waals surface area contributed by atoms with Gasteiger partial charge in [-0.2, -0.15) is 0 Å². The van der Waals surface area contributed by atoms with Crippen molar-refractivity contribution < 1.29 is 34.8 Å². The SMILES string of the molecule is O=[N+]([O-])c1ccc(O[C@H]2O[C@H](CO)[C@H](O)[C@H](O)[C@@H]2O)cc1. The lowest BCUT2D eigenvalue weighted by atomic mass is 9.99. The highest BCUT2D eigenvalue weighted by molar-refractivity contribution is 5.36. The van der Waals surface area contributed by atoms with Gasteiger partial charge in [-0.3, -0.25) is 10.1 Å². The Morgan fingerprint density at radius 3 is 2.29 bits per heavy atom. The first kappa shape index (κ1) is 15.6. The molecule has 1 aliphatic heterocycles. The van der Waals surface area contributed by atoms with Crippen LogP contribution in [0.2, 0.25) is 0 Å². The maximum Gasteiger partial charge on any atom is 0.269 e. The second-order valence-corrected chi connectivity index (χ2v) is 4.57. The number of hydrogen-bond acceptors (Lipinski definition) is 8. The van der Waals surface area contributed by atoms with Gasteiger partial charge in [0.2, 0.25) is 6.29 Å². The highest BCUT2D eigenvalue weighted by atomic mass is 16.7. The predicted octanol–water partition coefficient (Wildman–Crippen LogP) is -1.23. The van der Waals surface area contributed by atoms with E-state index in [1.54, 1.807) is 0 Å². The molecule has 116 valence electrons. The van der Waals surface area contributed by atoms with E-state index in [9.17, 15) is 25.4 Å². The third-order valence-corrected chi connectivity index (χ3v) is 3.15. The smallest absolute Gasteiger partial charge is 0.269 e. The first-order valence-electron chi connectivity index (χ1n) is 6.15. The average molecular weight is 301 g/mol. The molecular weight excluding hydrogens is 286 g/mol. The molecule has 0 bridgehead atoms. The van der Waals surface area contributed by atoms with E-state index in [-0.39, 0.29) is 11.4 Å². The number of nitro benzene ring substituents is 1. The van der Waals surface area contributed by atoms with E-state index in [2.05, 4.69) is 0 Å². The fourth-order valence-electron chi connectivity index (χ4n) is 1.95. The summed E-state index contributed by atoms with van der Waals surface area (Å²) in [6, 6.07) is 5.03. The molecule has 5 atom stereocenters. The van der Waals surface area contributed by atoms with Crippen LogP contribution in [0.5, 0.6) is 5.75 Å². The minimum absolute atomic E-state index is 0.129. The largest absolute Gasteiger partial charge is 0.462 e. The van der Waals surface area contributed by atoms with Crippen LogP contribution in [0.1, 0.15) is 0 Å². The fraction of sp³-hybridized carbons (Fsp3) is 0.500. The molecule has 21 heavy (non-hydrogen) atoms. The van der Waals surface area contributed by atoms with Crippen molar-refractivity contribution in [3.8, 4) is 5.75 Å². The van der Waals surface area contributed by atoms with Gasteiger partial charge in [-0.1, -0.05) is 0 Å². The number of aliphatic hydroxyl groups excluding tert-OH is 4. The molecule has 0 saturated carbocycles. The summed E-state index contributed by atoms with van der Waals surface area (Å²) in [5.41, 5.74) is -0.129. The second-order valence-electron chi connectivity index (χ2n) is 4.57. The van der Waals surface area contributed by atoms with Crippen molar-refractivity contribution in [1.82, 2.24) is 0 Å². The summed E-state index contributed by atoms with van der Waals surface area (Å²) in [4.78, 5) is 9.95. The molecule has 1 aromatic rings. The molecule has 4 N–H and O–H groups in total. The van der Waals surface area contributed by atoms with Crippen LogP contribution in [0, 0.1) is 10.1 Å². The van der Waals surface area contributed by atoms with Gasteiger partial charge in [0, 0.05) is 12.1 Å². The summed E-state index contributed by atoms with van der Waals surface area (Å²) in [5.74, 6) is 0.171. The molecule has 0 unspecified atom stereocenters. The van der Waals surface area contributed by atoms with Crippen LogP contribution in [0.25, 0.3) is 0 Å². The van der Waals surface area contributed by atoms with Crippen LogP contribution in [0.4, 0.5) is 5.69 Å². The number of ether oxygens (including phenoxy) is 2. The Morgan fingerprint density at radius 1 is 1.14 bits per heavy atom. The first-order valence-corrected chi connectivity index (χ1v) is 6.15. The summed E-state index contributed by atoms with van der Waals surface area (Å²) in [6.45, 7) is -0.564. The molecule has 0 aliphatic carbocycles. The van der Waals surface area contributed by atoms with E-state index in [1.807, 2.05) is 0 Å². The quantitative estimate of drug-likeness (QED) is 0.400. The van der Waals surface area contributed by atoms with Crippen molar-refractivity contribution in [2.45, 2.75) is 30.7 Å². The molecule has 0 radical (unpaired) electrons. The van der Waals surface area contributed by atoms with E-state index in [0.29, 0.717) is 0 Å². The third kappa shape index (κ3) is 3.28. The Balaban J connectivity index is 2.08. The Hall–Kier alpha value is -1.78. The topological polar surface area (TPSA) is 143 Å². The van der Waals surface area contributed by atoms with Gasteiger partial charge in [-0.25, -0.2) is 0 Å². The zero-order chi connectivity index (χ0) is 15.6. The van der Waals surface area contributed by atoms with Crippen molar-refractivity contribution in [2.24, 2.45) is 0 Å². The molecule has 9 heteroatoms. The van der Waals surface area contributed by atoms with Gasteiger partial charge >= 0.3 is 0 Å². The van der Waals surface area contributed by atoms with Crippen LogP contribution in [-0.2, 0) is 4.74 Å². The van der Waals surface area contributed by atoms with Crippen LogP contribution in [0.3, 0.4) is 0 Å². The van der Waals surface area contributed by atoms with Crippen LogP contribution in [0.15, 0.2) is 24.3 Å². The van der Waals surface area contributed by atoms with Gasteiger partial charge in [0.1, 0.15) is 30.2 Å². The summed E-state index contributed by atoms with van der Waals surface area (Å²) in [7, 11) is 0. The van der Waals surface area contributed by atoms with E-state index in [1.165, 1.54) is 24.3 Å². The van der Waals surface area contributed by atoms with Crippen molar-refractivity contribution >= 4 is 5.69 Å². The Bertz CT molecular complexity index is 491. The van der Waals surface area contributed by atoms with E-state index in [0.717, 1.165) is 0 Å². The highest BCUT2D eigenvalue weighted by Crippen LogP contribution is 2.25. The summed E-state index contributed by atoms with van der Waals surface area (Å²) < 4.78 is 10.4. The maximum absolute atomic E-state index is 10.5. The number of nitro groups is 1. The molecule has 9 nitrogen and oxygen atoms in total. The van der Waals surface area contributed by atoms with Gasteiger partial charge < -0.3 is 29.9 Å². The summed E-state index contributed by atoms with van der Waals surface area (Å²) in [6.07, 6.45) is -6.94. The maximum atomic E-state index is 10.5. The zero-order valence-corrected chi connectivity index (χ0v) is 10.8. The Morgan fingerprint density at radius 2 is 1.76 bits per heavy atom. The van der Waals surface area contributed by atoms with Gasteiger partial charge in [0.15, 0.2) is 0 Å². The van der Waals surface area contributed by atoms with Gasteiger partial charge in [0.25, 0.3) is 5.69 Å². The van der Waals surface area contributed by atoms with Crippen LogP contribution in [-0.4, -0.2) is 62.7 Å². The monoisotopic (exact) mass is 301 g/mol. The number of hydrogen-bond donors (Lipinski definition) is 4. The molecule has 1 aliphatic rings. The minimum atomic E-state index is -1.54. The molecule has 0 spiro atoms. The Labute approximate surface area is 119 Å². The number of non-ortho nitro benzene ring substituents is 1. The average Bonchev–Trinajstić information content (AvgIpc) is 2.48. The third-order valence-electron chi connectivity index (χ3n) is 3.15. The fourth-order valence-corrected chi connectivity index (χ4v) is 1.95.